The molecule has 8 nitrogen and oxygen atoms in total. The number of carbonyl (C=O) groups is 2. The first kappa shape index (κ1) is 21.9. The van der Waals surface area contributed by atoms with E-state index in [1.54, 1.807) is 4.90 Å². The number of nitrogens with one attached hydrogen (secondary N) is 2. The number of para-hydroxylation sites is 1. The summed E-state index contributed by atoms with van der Waals surface area (Å²) in [5.74, 6) is 1.88. The molecule has 2 fully saturated rings. The first-order valence-electron chi connectivity index (χ1n) is 11.7. The largest absolute Gasteiger partial charge is 0.356 e. The van der Waals surface area contributed by atoms with Gasteiger partial charge in [-0.2, -0.15) is 0 Å². The van der Waals surface area contributed by atoms with Crippen molar-refractivity contribution in [3.8, 4) is 0 Å². The second-order valence-electron chi connectivity index (χ2n) is 8.79. The maximum atomic E-state index is 12.8. The molecule has 2 saturated heterocycles. The highest BCUT2D eigenvalue weighted by Crippen LogP contribution is 2.27. The van der Waals surface area contributed by atoms with Gasteiger partial charge in [0.15, 0.2) is 0 Å². The minimum atomic E-state index is -0.376. The summed E-state index contributed by atoms with van der Waals surface area (Å²) in [6.07, 6.45) is 2.60. The maximum absolute atomic E-state index is 12.8. The molecule has 8 heteroatoms. The number of carbonyl (C=O) groups excluding carboxylic acids is 2. The first-order chi connectivity index (χ1) is 16.5. The Kier molecular flexibility index (Phi) is 6.12. The normalized spacial score (nSPS) is 17.8. The van der Waals surface area contributed by atoms with Gasteiger partial charge in [0, 0.05) is 49.2 Å². The molecule has 2 aliphatic rings. The number of rotatable bonds is 6. The van der Waals surface area contributed by atoms with Crippen LogP contribution >= 0.6 is 0 Å². The van der Waals surface area contributed by atoms with E-state index in [4.69, 9.17) is 0 Å². The van der Waals surface area contributed by atoms with Crippen molar-refractivity contribution in [1.82, 2.24) is 9.97 Å². The summed E-state index contributed by atoms with van der Waals surface area (Å²) >= 11 is 0. The van der Waals surface area contributed by atoms with Gasteiger partial charge in [-0.05, 0) is 56.2 Å². The second-order valence-corrected chi connectivity index (χ2v) is 8.79. The molecule has 0 saturated carbocycles. The summed E-state index contributed by atoms with van der Waals surface area (Å²) < 4.78 is 0. The third-order valence-electron chi connectivity index (χ3n) is 6.24. The Morgan fingerprint density at radius 3 is 2.41 bits per heavy atom. The predicted octanol–water partition coefficient (Wildman–Crippen LogP) is 4.12. The van der Waals surface area contributed by atoms with E-state index in [-0.39, 0.29) is 24.2 Å². The number of hydrogen-bond acceptors (Lipinski definition) is 6. The van der Waals surface area contributed by atoms with Crippen molar-refractivity contribution in [2.24, 2.45) is 5.92 Å². The van der Waals surface area contributed by atoms with Crippen molar-refractivity contribution in [1.29, 1.82) is 0 Å². The molecule has 1 aromatic heterocycles. The molecule has 34 heavy (non-hydrogen) atoms. The summed E-state index contributed by atoms with van der Waals surface area (Å²) in [6, 6.07) is 18.9. The van der Waals surface area contributed by atoms with Crippen molar-refractivity contribution in [2.45, 2.75) is 26.2 Å². The van der Waals surface area contributed by atoms with E-state index < -0.39 is 0 Å². The Labute approximate surface area is 199 Å². The molecular formula is C26H28N6O2. The smallest absolute Gasteiger partial charge is 0.229 e. The highest BCUT2D eigenvalue weighted by Gasteiger charge is 2.35. The molecule has 174 valence electrons. The van der Waals surface area contributed by atoms with E-state index in [2.05, 4.69) is 25.5 Å². The highest BCUT2D eigenvalue weighted by molar-refractivity contribution is 6.03. The van der Waals surface area contributed by atoms with Crippen LogP contribution < -0.4 is 20.4 Å². The molecule has 5 rings (SSSR count). The number of aryl methyl sites for hydroxylation is 1. The van der Waals surface area contributed by atoms with Gasteiger partial charge in [0.05, 0.1) is 5.92 Å². The highest BCUT2D eigenvalue weighted by atomic mass is 16.2. The van der Waals surface area contributed by atoms with Gasteiger partial charge in [0.25, 0.3) is 0 Å². The minimum absolute atomic E-state index is 0.0284. The average molecular weight is 457 g/mol. The van der Waals surface area contributed by atoms with Crippen LogP contribution in [0, 0.1) is 12.8 Å². The van der Waals surface area contributed by atoms with Gasteiger partial charge in [-0.25, -0.2) is 9.97 Å². The molecular weight excluding hydrogens is 428 g/mol. The summed E-state index contributed by atoms with van der Waals surface area (Å²) in [5, 5.41) is 6.28. The summed E-state index contributed by atoms with van der Waals surface area (Å²) in [5.41, 5.74) is 2.39. The van der Waals surface area contributed by atoms with Crippen molar-refractivity contribution >= 4 is 40.5 Å². The maximum Gasteiger partial charge on any atom is 0.229 e. The lowest BCUT2D eigenvalue weighted by Crippen LogP contribution is -2.28. The number of hydrogen-bond donors (Lipinski definition) is 2. The van der Waals surface area contributed by atoms with Crippen molar-refractivity contribution < 1.29 is 9.59 Å². The molecule has 0 aliphatic carbocycles. The monoisotopic (exact) mass is 456 g/mol. The summed E-state index contributed by atoms with van der Waals surface area (Å²) in [6.45, 7) is 4.34. The third-order valence-corrected chi connectivity index (χ3v) is 6.24. The Hall–Kier alpha value is -3.94. The Balaban J connectivity index is 1.20. The number of benzene rings is 2. The molecule has 0 bridgehead atoms. The van der Waals surface area contributed by atoms with Gasteiger partial charge in [-0.3, -0.25) is 9.59 Å². The van der Waals surface area contributed by atoms with Crippen LogP contribution in [0.5, 0.6) is 0 Å². The van der Waals surface area contributed by atoms with Crippen LogP contribution in [0.15, 0.2) is 60.7 Å². The van der Waals surface area contributed by atoms with Gasteiger partial charge in [0.2, 0.25) is 11.8 Å². The number of anilines is 5. The molecule has 0 radical (unpaired) electrons. The van der Waals surface area contributed by atoms with Gasteiger partial charge in [-0.15, -0.1) is 0 Å². The van der Waals surface area contributed by atoms with Gasteiger partial charge in [0.1, 0.15) is 17.5 Å². The van der Waals surface area contributed by atoms with Crippen LogP contribution in [-0.4, -0.2) is 41.4 Å². The first-order valence-corrected chi connectivity index (χ1v) is 11.7. The molecule has 2 aliphatic heterocycles. The predicted molar refractivity (Wildman–Crippen MR) is 133 cm³/mol. The third kappa shape index (κ3) is 4.85. The Morgan fingerprint density at radius 2 is 1.68 bits per heavy atom. The standard InChI is InChI=1S/C26H28N6O2/c1-18-27-23(16-24(28-18)31-13-5-6-14-31)29-20-9-11-21(12-10-20)30-26(34)19-15-25(33)32(17-19)22-7-3-2-4-8-22/h2-4,7-12,16,19H,5-6,13-15,17H2,1H3,(H,30,34)(H,27,28,29). The quantitative estimate of drug-likeness (QED) is 0.580. The average Bonchev–Trinajstić information content (AvgIpc) is 3.51. The molecule has 3 heterocycles. The number of amides is 2. The fourth-order valence-electron chi connectivity index (χ4n) is 4.49. The van der Waals surface area contributed by atoms with Crippen LogP contribution in [0.3, 0.4) is 0 Å². The topological polar surface area (TPSA) is 90.5 Å². The molecule has 1 unspecified atom stereocenters. The van der Waals surface area contributed by atoms with E-state index in [1.807, 2.05) is 67.6 Å². The second kappa shape index (κ2) is 9.51. The molecule has 3 aromatic rings. The van der Waals surface area contributed by atoms with E-state index in [9.17, 15) is 9.59 Å². The van der Waals surface area contributed by atoms with Crippen LogP contribution in [0.2, 0.25) is 0 Å². The molecule has 0 spiro atoms. The Morgan fingerprint density at radius 1 is 0.971 bits per heavy atom. The molecule has 1 atom stereocenters. The lowest BCUT2D eigenvalue weighted by atomic mass is 10.1. The van der Waals surface area contributed by atoms with Crippen molar-refractivity contribution in [2.75, 3.05) is 40.1 Å². The van der Waals surface area contributed by atoms with Crippen LogP contribution in [-0.2, 0) is 9.59 Å². The zero-order valence-electron chi connectivity index (χ0n) is 19.2. The van der Waals surface area contributed by atoms with Crippen LogP contribution in [0.1, 0.15) is 25.1 Å². The van der Waals surface area contributed by atoms with Crippen molar-refractivity contribution in [3.05, 3.63) is 66.5 Å². The lowest BCUT2D eigenvalue weighted by Gasteiger charge is -2.18. The Bertz CT molecular complexity index is 1180. The zero-order chi connectivity index (χ0) is 23.5. The number of aromatic nitrogens is 2. The van der Waals surface area contributed by atoms with E-state index in [1.165, 1.54) is 12.8 Å². The lowest BCUT2D eigenvalue weighted by molar-refractivity contribution is -0.122. The van der Waals surface area contributed by atoms with Crippen LogP contribution in [0.4, 0.5) is 28.7 Å². The van der Waals surface area contributed by atoms with Gasteiger partial charge >= 0.3 is 0 Å². The van der Waals surface area contributed by atoms with E-state index in [0.29, 0.717) is 12.2 Å². The summed E-state index contributed by atoms with van der Waals surface area (Å²) in [4.78, 5) is 38.2. The van der Waals surface area contributed by atoms with Gasteiger partial charge in [-0.1, -0.05) is 18.2 Å². The molecule has 2 aromatic carbocycles. The summed E-state index contributed by atoms with van der Waals surface area (Å²) in [7, 11) is 0. The fourth-order valence-corrected chi connectivity index (χ4v) is 4.49. The van der Waals surface area contributed by atoms with Gasteiger partial charge < -0.3 is 20.4 Å². The fraction of sp³-hybridized carbons (Fsp3) is 0.308. The minimum Gasteiger partial charge on any atom is -0.356 e. The van der Waals surface area contributed by atoms with Crippen LogP contribution in [0.25, 0.3) is 0 Å². The van der Waals surface area contributed by atoms with E-state index in [0.717, 1.165) is 41.9 Å². The van der Waals surface area contributed by atoms with E-state index >= 15 is 0 Å². The zero-order valence-corrected chi connectivity index (χ0v) is 19.2. The molecule has 2 amide bonds. The number of nitrogens with zero attached hydrogens (tertiary/aromatic N) is 4. The van der Waals surface area contributed by atoms with Crippen molar-refractivity contribution in [3.63, 3.8) is 0 Å². The SMILES string of the molecule is Cc1nc(Nc2ccc(NC(=O)C3CC(=O)N(c4ccccc4)C3)cc2)cc(N2CCCC2)n1. The molecule has 2 N–H and O–H groups in total.